The van der Waals surface area contributed by atoms with Crippen molar-refractivity contribution in [1.29, 1.82) is 0 Å². The average Bonchev–Trinajstić information content (AvgIpc) is 2.02. The summed E-state index contributed by atoms with van der Waals surface area (Å²) in [7, 11) is 1.18. The standard InChI is InChI=1S/C7H12O5/c1-5(8)12-4-3-6(9)7(10)11-2/h6,9H,3-4H2,1-2H3. The lowest BCUT2D eigenvalue weighted by molar-refractivity contribution is -0.153. The Morgan fingerprint density at radius 3 is 2.50 bits per heavy atom. The first kappa shape index (κ1) is 10.9. The molecule has 0 aliphatic carbocycles. The van der Waals surface area contributed by atoms with E-state index in [1.165, 1.54) is 14.0 Å². The van der Waals surface area contributed by atoms with Crippen molar-refractivity contribution >= 4 is 11.9 Å². The van der Waals surface area contributed by atoms with Crippen LogP contribution in [0, 0.1) is 0 Å². The van der Waals surface area contributed by atoms with E-state index in [0.717, 1.165) is 0 Å². The number of hydrogen-bond donors (Lipinski definition) is 1. The fourth-order valence-electron chi connectivity index (χ4n) is 0.568. The van der Waals surface area contributed by atoms with Crippen LogP contribution in [0.1, 0.15) is 13.3 Å². The molecule has 0 spiro atoms. The molecule has 5 nitrogen and oxygen atoms in total. The fourth-order valence-corrected chi connectivity index (χ4v) is 0.568. The SMILES string of the molecule is COC(=O)C(O)CCOC(C)=O. The van der Waals surface area contributed by atoms with Gasteiger partial charge in [-0.1, -0.05) is 0 Å². The van der Waals surface area contributed by atoms with E-state index in [1.807, 2.05) is 0 Å². The quantitative estimate of drug-likeness (QED) is 0.583. The molecule has 12 heavy (non-hydrogen) atoms. The third-order valence-electron chi connectivity index (χ3n) is 1.17. The monoisotopic (exact) mass is 176 g/mol. The molecule has 0 rings (SSSR count). The van der Waals surface area contributed by atoms with Gasteiger partial charge in [0.2, 0.25) is 0 Å². The Morgan fingerprint density at radius 1 is 1.50 bits per heavy atom. The molecule has 0 radical (unpaired) electrons. The zero-order valence-corrected chi connectivity index (χ0v) is 7.07. The highest BCUT2D eigenvalue weighted by atomic mass is 16.5. The van der Waals surface area contributed by atoms with E-state index in [2.05, 4.69) is 9.47 Å². The minimum atomic E-state index is -1.21. The van der Waals surface area contributed by atoms with Crippen molar-refractivity contribution in [2.45, 2.75) is 19.4 Å². The van der Waals surface area contributed by atoms with Crippen molar-refractivity contribution in [2.75, 3.05) is 13.7 Å². The van der Waals surface area contributed by atoms with E-state index in [1.54, 1.807) is 0 Å². The molecule has 0 aromatic rings. The molecule has 0 saturated carbocycles. The van der Waals surface area contributed by atoms with Crippen LogP contribution in [0.15, 0.2) is 0 Å². The molecular formula is C7H12O5. The van der Waals surface area contributed by atoms with Gasteiger partial charge in [0.05, 0.1) is 13.7 Å². The fraction of sp³-hybridized carbons (Fsp3) is 0.714. The molecule has 0 saturated heterocycles. The molecule has 1 N–H and O–H groups in total. The molecule has 1 unspecified atom stereocenters. The Morgan fingerprint density at radius 2 is 2.08 bits per heavy atom. The van der Waals surface area contributed by atoms with Gasteiger partial charge in [0.25, 0.3) is 0 Å². The molecule has 0 bridgehead atoms. The summed E-state index contributed by atoms with van der Waals surface area (Å²) in [5, 5.41) is 8.96. The Hall–Kier alpha value is -1.10. The first-order chi connectivity index (χ1) is 5.57. The molecule has 0 aromatic carbocycles. The summed E-state index contributed by atoms with van der Waals surface area (Å²) in [6.45, 7) is 1.27. The van der Waals surface area contributed by atoms with E-state index in [4.69, 9.17) is 5.11 Å². The summed E-state index contributed by atoms with van der Waals surface area (Å²) < 4.78 is 8.74. The zero-order valence-electron chi connectivity index (χ0n) is 7.07. The van der Waals surface area contributed by atoms with Gasteiger partial charge in [-0.05, 0) is 0 Å². The van der Waals surface area contributed by atoms with Gasteiger partial charge >= 0.3 is 11.9 Å². The Balaban J connectivity index is 3.50. The van der Waals surface area contributed by atoms with E-state index in [-0.39, 0.29) is 13.0 Å². The third kappa shape index (κ3) is 4.68. The van der Waals surface area contributed by atoms with Crippen LogP contribution in [-0.2, 0) is 19.1 Å². The van der Waals surface area contributed by atoms with Gasteiger partial charge < -0.3 is 14.6 Å². The van der Waals surface area contributed by atoms with Gasteiger partial charge in [0, 0.05) is 13.3 Å². The number of hydrogen-bond acceptors (Lipinski definition) is 5. The summed E-state index contributed by atoms with van der Waals surface area (Å²) in [6, 6.07) is 0. The van der Waals surface area contributed by atoms with Crippen molar-refractivity contribution in [2.24, 2.45) is 0 Å². The number of aliphatic hydroxyl groups excluding tert-OH is 1. The van der Waals surface area contributed by atoms with E-state index in [0.29, 0.717) is 0 Å². The lowest BCUT2D eigenvalue weighted by Crippen LogP contribution is -2.23. The summed E-state index contributed by atoms with van der Waals surface area (Å²) in [4.78, 5) is 20.8. The maximum absolute atomic E-state index is 10.6. The van der Waals surface area contributed by atoms with Gasteiger partial charge in [0.1, 0.15) is 0 Å². The number of esters is 2. The smallest absolute Gasteiger partial charge is 0.334 e. The lowest BCUT2D eigenvalue weighted by Gasteiger charge is -2.07. The van der Waals surface area contributed by atoms with Crippen LogP contribution in [0.4, 0.5) is 0 Å². The Kier molecular flexibility index (Phi) is 5.03. The lowest BCUT2D eigenvalue weighted by atomic mass is 10.3. The predicted octanol–water partition coefficient (Wildman–Crippen LogP) is -0.527. The highest BCUT2D eigenvalue weighted by Crippen LogP contribution is 1.94. The molecular weight excluding hydrogens is 164 g/mol. The summed E-state index contributed by atoms with van der Waals surface area (Å²) >= 11 is 0. The van der Waals surface area contributed by atoms with Crippen molar-refractivity contribution in [1.82, 2.24) is 0 Å². The number of aliphatic hydroxyl groups is 1. The molecule has 1 atom stereocenters. The number of ether oxygens (including phenoxy) is 2. The minimum absolute atomic E-state index is 0.0194. The highest BCUT2D eigenvalue weighted by Gasteiger charge is 2.14. The third-order valence-corrected chi connectivity index (χ3v) is 1.17. The van der Waals surface area contributed by atoms with Crippen molar-refractivity contribution in [3.8, 4) is 0 Å². The molecule has 0 amide bonds. The average molecular weight is 176 g/mol. The summed E-state index contributed by atoms with van der Waals surface area (Å²) in [6.07, 6.45) is -1.15. The second-order valence-electron chi connectivity index (χ2n) is 2.17. The first-order valence-electron chi connectivity index (χ1n) is 3.47. The van der Waals surface area contributed by atoms with Crippen molar-refractivity contribution in [3.05, 3.63) is 0 Å². The zero-order chi connectivity index (χ0) is 9.56. The summed E-state index contributed by atoms with van der Waals surface area (Å²) in [5.41, 5.74) is 0. The molecule has 0 fully saturated rings. The molecule has 0 aliphatic rings. The predicted molar refractivity (Wildman–Crippen MR) is 39.3 cm³/mol. The molecule has 0 aliphatic heterocycles. The van der Waals surface area contributed by atoms with Crippen LogP contribution in [0.5, 0.6) is 0 Å². The normalized spacial score (nSPS) is 11.9. The van der Waals surface area contributed by atoms with Crippen LogP contribution in [0.3, 0.4) is 0 Å². The van der Waals surface area contributed by atoms with Gasteiger partial charge in [-0.2, -0.15) is 0 Å². The first-order valence-corrected chi connectivity index (χ1v) is 3.47. The Bertz CT molecular complexity index is 165. The second kappa shape index (κ2) is 5.54. The van der Waals surface area contributed by atoms with Crippen molar-refractivity contribution in [3.63, 3.8) is 0 Å². The highest BCUT2D eigenvalue weighted by molar-refractivity contribution is 5.74. The maximum atomic E-state index is 10.6. The van der Waals surface area contributed by atoms with Gasteiger partial charge in [-0.25, -0.2) is 4.79 Å². The maximum Gasteiger partial charge on any atom is 0.334 e. The van der Waals surface area contributed by atoms with Gasteiger partial charge in [0.15, 0.2) is 6.10 Å². The minimum Gasteiger partial charge on any atom is -0.467 e. The number of rotatable bonds is 4. The van der Waals surface area contributed by atoms with Crippen LogP contribution in [0.2, 0.25) is 0 Å². The molecule has 0 aromatic heterocycles. The van der Waals surface area contributed by atoms with Crippen LogP contribution in [-0.4, -0.2) is 36.9 Å². The number of carbonyl (C=O) groups excluding carboxylic acids is 2. The Labute approximate surface area is 70.3 Å². The van der Waals surface area contributed by atoms with E-state index >= 15 is 0 Å². The largest absolute Gasteiger partial charge is 0.467 e. The molecule has 70 valence electrons. The number of carbonyl (C=O) groups is 2. The van der Waals surface area contributed by atoms with E-state index in [9.17, 15) is 9.59 Å². The molecule has 0 heterocycles. The topological polar surface area (TPSA) is 72.8 Å². The van der Waals surface area contributed by atoms with Gasteiger partial charge in [-0.3, -0.25) is 4.79 Å². The molecule has 5 heteroatoms. The summed E-state index contributed by atoms with van der Waals surface area (Å²) in [5.74, 6) is -1.16. The van der Waals surface area contributed by atoms with Crippen LogP contribution >= 0.6 is 0 Å². The second-order valence-corrected chi connectivity index (χ2v) is 2.17. The number of methoxy groups -OCH3 is 1. The van der Waals surface area contributed by atoms with Crippen molar-refractivity contribution < 1.29 is 24.2 Å². The van der Waals surface area contributed by atoms with Crippen LogP contribution in [0.25, 0.3) is 0 Å². The van der Waals surface area contributed by atoms with Crippen LogP contribution < -0.4 is 0 Å². The van der Waals surface area contributed by atoms with E-state index < -0.39 is 18.0 Å². The van der Waals surface area contributed by atoms with Gasteiger partial charge in [-0.15, -0.1) is 0 Å².